The fraction of sp³-hybridized carbons (Fsp3) is 0.929. The molecule has 0 saturated carbocycles. The number of unbranched alkanes of at least 4 members (excludes halogenated alkanes) is 1. The van der Waals surface area contributed by atoms with Gasteiger partial charge in [-0.2, -0.15) is 0 Å². The first-order valence-corrected chi connectivity index (χ1v) is 7.63. The van der Waals surface area contributed by atoms with Crippen molar-refractivity contribution in [3.05, 3.63) is 0 Å². The number of carbonyl (C=O) groups excluding carboxylic acids is 1. The van der Waals surface area contributed by atoms with Crippen LogP contribution in [-0.4, -0.2) is 70.3 Å². The molecule has 1 rings (SSSR count). The highest BCUT2D eigenvalue weighted by molar-refractivity contribution is 5.76. The third-order valence-electron chi connectivity index (χ3n) is 3.91. The molecule has 1 aliphatic heterocycles. The second kappa shape index (κ2) is 9.39. The zero-order chi connectivity index (χ0) is 16.7. The van der Waals surface area contributed by atoms with E-state index in [1.54, 1.807) is 0 Å². The number of rotatable bonds is 9. The molecule has 0 spiro atoms. The lowest BCUT2D eigenvalue weighted by atomic mass is 9.98. The van der Waals surface area contributed by atoms with Crippen LogP contribution in [0, 0.1) is 5.92 Å². The van der Waals surface area contributed by atoms with E-state index in [9.17, 15) is 20.1 Å². The quantitative estimate of drug-likeness (QED) is 0.347. The van der Waals surface area contributed by atoms with E-state index < -0.39 is 43.2 Å². The van der Waals surface area contributed by atoms with E-state index in [1.165, 1.54) is 0 Å². The number of nitrogens with two attached hydrogens (primary N) is 1. The van der Waals surface area contributed by atoms with Crippen molar-refractivity contribution in [3.8, 4) is 0 Å². The van der Waals surface area contributed by atoms with Gasteiger partial charge in [0.2, 0.25) is 5.91 Å². The van der Waals surface area contributed by atoms with E-state index in [1.807, 2.05) is 6.92 Å². The molecule has 130 valence electrons. The molecule has 8 nitrogen and oxygen atoms in total. The third-order valence-corrected chi connectivity index (χ3v) is 3.91. The number of hydrogen-bond acceptors (Lipinski definition) is 7. The van der Waals surface area contributed by atoms with Crippen LogP contribution in [0.15, 0.2) is 0 Å². The number of hydrogen-bond donors (Lipinski definition) is 5. The van der Waals surface area contributed by atoms with Gasteiger partial charge in [0.1, 0.15) is 24.4 Å². The van der Waals surface area contributed by atoms with E-state index in [-0.39, 0.29) is 12.5 Å². The van der Waals surface area contributed by atoms with Gasteiger partial charge in [0.05, 0.1) is 13.2 Å². The van der Waals surface area contributed by atoms with Crippen molar-refractivity contribution in [1.29, 1.82) is 0 Å². The molecule has 1 unspecified atom stereocenters. The number of aliphatic hydroxyl groups is 4. The van der Waals surface area contributed by atoms with Crippen molar-refractivity contribution in [3.63, 3.8) is 0 Å². The molecular weight excluding hydrogens is 294 g/mol. The predicted molar refractivity (Wildman–Crippen MR) is 76.5 cm³/mol. The molecule has 8 heteroatoms. The Morgan fingerprint density at radius 3 is 2.45 bits per heavy atom. The minimum Gasteiger partial charge on any atom is -0.394 e. The Bertz CT molecular complexity index is 339. The molecule has 1 fully saturated rings. The molecule has 22 heavy (non-hydrogen) atoms. The summed E-state index contributed by atoms with van der Waals surface area (Å²) in [6.07, 6.45) is -3.60. The summed E-state index contributed by atoms with van der Waals surface area (Å²) in [4.78, 5) is 11.3. The largest absolute Gasteiger partial charge is 0.394 e. The van der Waals surface area contributed by atoms with Crippen LogP contribution in [-0.2, 0) is 14.3 Å². The number of amides is 1. The minimum absolute atomic E-state index is 0.111. The zero-order valence-electron chi connectivity index (χ0n) is 12.8. The average Bonchev–Trinajstić information content (AvgIpc) is 2.50. The number of aliphatic hydroxyl groups excluding tert-OH is 4. The highest BCUT2D eigenvalue weighted by Crippen LogP contribution is 2.22. The maximum Gasteiger partial charge on any atom is 0.220 e. The van der Waals surface area contributed by atoms with Crippen molar-refractivity contribution < 1.29 is 34.7 Å². The molecule has 0 aromatic heterocycles. The molecule has 0 aromatic carbocycles. The van der Waals surface area contributed by atoms with Crippen LogP contribution in [0.4, 0.5) is 0 Å². The van der Waals surface area contributed by atoms with Gasteiger partial charge in [0.15, 0.2) is 6.29 Å². The van der Waals surface area contributed by atoms with E-state index >= 15 is 0 Å². The third kappa shape index (κ3) is 5.15. The van der Waals surface area contributed by atoms with Gasteiger partial charge in [-0.3, -0.25) is 4.79 Å². The minimum atomic E-state index is -1.47. The summed E-state index contributed by atoms with van der Waals surface area (Å²) < 4.78 is 10.6. The number of primary amides is 1. The van der Waals surface area contributed by atoms with E-state index in [0.29, 0.717) is 12.8 Å². The van der Waals surface area contributed by atoms with Crippen LogP contribution in [0.3, 0.4) is 0 Å². The molecule has 1 heterocycles. The summed E-state index contributed by atoms with van der Waals surface area (Å²) in [5.41, 5.74) is 5.33. The summed E-state index contributed by atoms with van der Waals surface area (Å²) in [5, 5.41) is 38.2. The van der Waals surface area contributed by atoms with Crippen molar-refractivity contribution >= 4 is 5.91 Å². The number of ether oxygens (including phenoxy) is 2. The lowest BCUT2D eigenvalue weighted by Crippen LogP contribution is -2.59. The zero-order valence-corrected chi connectivity index (χ0v) is 12.8. The van der Waals surface area contributed by atoms with E-state index in [4.69, 9.17) is 20.3 Å². The fourth-order valence-corrected chi connectivity index (χ4v) is 2.41. The average molecular weight is 321 g/mol. The first kappa shape index (κ1) is 19.3. The van der Waals surface area contributed by atoms with Gasteiger partial charge in [-0.25, -0.2) is 0 Å². The molecule has 0 bridgehead atoms. The van der Waals surface area contributed by atoms with Crippen molar-refractivity contribution in [2.45, 2.75) is 63.3 Å². The smallest absolute Gasteiger partial charge is 0.220 e. The SMILES string of the molecule is CCCCC(CCO[C@H]1O[C@H](CO)[C@@H](O)[C@H](O)[C@@H]1O)C(N)=O. The lowest BCUT2D eigenvalue weighted by Gasteiger charge is -2.39. The number of carbonyl (C=O) groups is 1. The Hall–Kier alpha value is -0.770. The molecule has 6 atom stereocenters. The van der Waals surface area contributed by atoms with Crippen LogP contribution >= 0.6 is 0 Å². The van der Waals surface area contributed by atoms with E-state index in [2.05, 4.69) is 0 Å². The summed E-state index contributed by atoms with van der Waals surface area (Å²) in [5.74, 6) is -0.712. The van der Waals surface area contributed by atoms with Gasteiger partial charge in [0, 0.05) is 5.92 Å². The van der Waals surface area contributed by atoms with Gasteiger partial charge >= 0.3 is 0 Å². The van der Waals surface area contributed by atoms with Crippen LogP contribution in [0.25, 0.3) is 0 Å². The Morgan fingerprint density at radius 2 is 1.91 bits per heavy atom. The Morgan fingerprint density at radius 1 is 1.23 bits per heavy atom. The van der Waals surface area contributed by atoms with Crippen molar-refractivity contribution in [1.82, 2.24) is 0 Å². The van der Waals surface area contributed by atoms with Crippen LogP contribution in [0.2, 0.25) is 0 Å². The topological polar surface area (TPSA) is 142 Å². The molecular formula is C14H27NO7. The Balaban J connectivity index is 2.46. The van der Waals surface area contributed by atoms with Crippen LogP contribution in [0.1, 0.15) is 32.6 Å². The summed E-state index contributed by atoms with van der Waals surface area (Å²) >= 11 is 0. The monoisotopic (exact) mass is 321 g/mol. The van der Waals surface area contributed by atoms with Gasteiger partial charge in [0.25, 0.3) is 0 Å². The normalized spacial score (nSPS) is 33.6. The first-order valence-electron chi connectivity index (χ1n) is 7.63. The molecule has 1 amide bonds. The Labute approximate surface area is 129 Å². The second-order valence-electron chi connectivity index (χ2n) is 5.60. The Kier molecular flexibility index (Phi) is 8.23. The first-order chi connectivity index (χ1) is 10.4. The summed E-state index contributed by atoms with van der Waals surface area (Å²) in [6, 6.07) is 0. The van der Waals surface area contributed by atoms with Gasteiger partial charge in [-0.05, 0) is 12.8 Å². The molecule has 6 N–H and O–H groups in total. The van der Waals surface area contributed by atoms with Crippen LogP contribution in [0.5, 0.6) is 0 Å². The highest BCUT2D eigenvalue weighted by Gasteiger charge is 2.43. The van der Waals surface area contributed by atoms with E-state index in [0.717, 1.165) is 12.8 Å². The maximum absolute atomic E-state index is 11.3. The van der Waals surface area contributed by atoms with Gasteiger partial charge < -0.3 is 35.6 Å². The maximum atomic E-state index is 11.3. The highest BCUT2D eigenvalue weighted by atomic mass is 16.7. The second-order valence-corrected chi connectivity index (χ2v) is 5.60. The standard InChI is InChI=1S/C14H27NO7/c1-2-3-4-8(13(15)20)5-6-21-14-12(19)11(18)10(17)9(7-16)22-14/h8-12,14,16-19H,2-7H2,1H3,(H2,15,20)/t8?,9-,10-,11+,12+,14+/m1/s1. The predicted octanol–water partition coefficient (Wildman–Crippen LogP) is -1.52. The summed E-state index contributed by atoms with van der Waals surface area (Å²) in [6.45, 7) is 1.62. The molecule has 0 radical (unpaired) electrons. The molecule has 0 aromatic rings. The molecule has 0 aliphatic carbocycles. The van der Waals surface area contributed by atoms with Crippen molar-refractivity contribution in [2.24, 2.45) is 11.7 Å². The lowest BCUT2D eigenvalue weighted by molar-refractivity contribution is -0.301. The van der Waals surface area contributed by atoms with Gasteiger partial charge in [-0.15, -0.1) is 0 Å². The molecule has 1 aliphatic rings. The molecule has 1 saturated heterocycles. The fourth-order valence-electron chi connectivity index (χ4n) is 2.41. The van der Waals surface area contributed by atoms with Crippen molar-refractivity contribution in [2.75, 3.05) is 13.2 Å². The van der Waals surface area contributed by atoms with Gasteiger partial charge in [-0.1, -0.05) is 19.8 Å². The summed E-state index contributed by atoms with van der Waals surface area (Å²) in [7, 11) is 0. The van der Waals surface area contributed by atoms with Crippen LogP contribution < -0.4 is 5.73 Å².